The summed E-state index contributed by atoms with van der Waals surface area (Å²) in [5, 5.41) is 2.89. The van der Waals surface area contributed by atoms with Gasteiger partial charge in [0.05, 0.1) is 17.6 Å². The van der Waals surface area contributed by atoms with Crippen molar-refractivity contribution in [2.45, 2.75) is 33.4 Å². The average Bonchev–Trinajstić information content (AvgIpc) is 3.31. The number of amides is 1. The van der Waals surface area contributed by atoms with Gasteiger partial charge < -0.3 is 19.2 Å². The molecule has 0 aliphatic rings. The van der Waals surface area contributed by atoms with E-state index < -0.39 is 0 Å². The van der Waals surface area contributed by atoms with Crippen LogP contribution in [0.4, 0.5) is 5.69 Å². The molecule has 7 nitrogen and oxygen atoms in total. The molecule has 1 N–H and O–H groups in total. The highest BCUT2D eigenvalue weighted by Gasteiger charge is 2.13. The third-order valence-electron chi connectivity index (χ3n) is 4.91. The number of hydrogen-bond acceptors (Lipinski definition) is 4. The van der Waals surface area contributed by atoms with Crippen molar-refractivity contribution in [2.75, 3.05) is 11.9 Å². The number of ether oxygens (including phenoxy) is 1. The highest BCUT2D eigenvalue weighted by molar-refractivity contribution is 5.94. The predicted octanol–water partition coefficient (Wildman–Crippen LogP) is 4.02. The predicted molar refractivity (Wildman–Crippen MR) is 117 cm³/mol. The van der Waals surface area contributed by atoms with Crippen molar-refractivity contribution in [3.63, 3.8) is 0 Å². The zero-order valence-electron chi connectivity index (χ0n) is 17.2. The lowest BCUT2D eigenvalue weighted by molar-refractivity contribution is -0.118. The van der Waals surface area contributed by atoms with Crippen molar-refractivity contribution in [1.29, 1.82) is 0 Å². The van der Waals surface area contributed by atoms with E-state index in [0.29, 0.717) is 18.0 Å². The first kappa shape index (κ1) is 19.7. The van der Waals surface area contributed by atoms with Crippen LogP contribution in [0.25, 0.3) is 11.0 Å². The molecular weight excluding hydrogens is 378 g/mol. The topological polar surface area (TPSA) is 74.0 Å². The van der Waals surface area contributed by atoms with Gasteiger partial charge in [-0.25, -0.2) is 9.97 Å². The Morgan fingerprint density at radius 1 is 1.17 bits per heavy atom. The van der Waals surface area contributed by atoms with Gasteiger partial charge in [0.25, 0.3) is 5.91 Å². The first-order chi connectivity index (χ1) is 14.6. The van der Waals surface area contributed by atoms with E-state index in [4.69, 9.17) is 9.72 Å². The Morgan fingerprint density at radius 3 is 2.73 bits per heavy atom. The zero-order chi connectivity index (χ0) is 20.9. The summed E-state index contributed by atoms with van der Waals surface area (Å²) >= 11 is 0. The molecule has 154 valence electrons. The number of anilines is 1. The van der Waals surface area contributed by atoms with E-state index in [2.05, 4.69) is 26.4 Å². The standard InChI is InChI=1S/C23H25N5O2/c1-3-12-28-21-10-9-18(25-23(29)16-30-19-7-5-4-6-8-19)14-20(21)26-22(28)15-27-13-11-24-17(27)2/h4-11,13-14H,3,12,15-16H2,1-2H3,(H,25,29). The summed E-state index contributed by atoms with van der Waals surface area (Å²) in [5.41, 5.74) is 2.62. The molecule has 4 aromatic rings. The van der Waals surface area contributed by atoms with Crippen molar-refractivity contribution < 1.29 is 9.53 Å². The summed E-state index contributed by atoms with van der Waals surface area (Å²) in [5.74, 6) is 2.39. The van der Waals surface area contributed by atoms with Gasteiger partial charge in [0.2, 0.25) is 0 Å². The van der Waals surface area contributed by atoms with Gasteiger partial charge >= 0.3 is 0 Å². The molecule has 7 heteroatoms. The summed E-state index contributed by atoms with van der Waals surface area (Å²) in [7, 11) is 0. The zero-order valence-corrected chi connectivity index (χ0v) is 17.2. The molecule has 0 saturated carbocycles. The Bertz CT molecular complexity index is 1150. The van der Waals surface area contributed by atoms with Crippen LogP contribution in [-0.4, -0.2) is 31.6 Å². The number of benzene rings is 2. The van der Waals surface area contributed by atoms with E-state index in [1.54, 1.807) is 6.20 Å². The Balaban J connectivity index is 1.51. The summed E-state index contributed by atoms with van der Waals surface area (Å²) < 4.78 is 9.83. The number of rotatable bonds is 8. The molecule has 0 unspecified atom stereocenters. The van der Waals surface area contributed by atoms with Gasteiger partial charge in [0, 0.05) is 24.6 Å². The maximum atomic E-state index is 12.3. The molecule has 0 radical (unpaired) electrons. The normalized spacial score (nSPS) is 11.0. The number of aromatic nitrogens is 4. The Hall–Kier alpha value is -3.61. The second-order valence-electron chi connectivity index (χ2n) is 7.14. The highest BCUT2D eigenvalue weighted by Crippen LogP contribution is 2.22. The van der Waals surface area contributed by atoms with Crippen LogP contribution in [0.3, 0.4) is 0 Å². The second kappa shape index (κ2) is 8.82. The van der Waals surface area contributed by atoms with E-state index in [1.807, 2.05) is 61.7 Å². The van der Waals surface area contributed by atoms with Gasteiger partial charge in [-0.1, -0.05) is 25.1 Å². The number of imidazole rings is 2. The number of fused-ring (bicyclic) bond motifs is 1. The average molecular weight is 403 g/mol. The van der Waals surface area contributed by atoms with Gasteiger partial charge in [-0.05, 0) is 43.7 Å². The molecule has 0 fully saturated rings. The lowest BCUT2D eigenvalue weighted by Gasteiger charge is -2.10. The third-order valence-corrected chi connectivity index (χ3v) is 4.91. The Morgan fingerprint density at radius 2 is 2.00 bits per heavy atom. The molecule has 0 bridgehead atoms. The summed E-state index contributed by atoms with van der Waals surface area (Å²) in [4.78, 5) is 21.4. The third kappa shape index (κ3) is 4.35. The molecule has 1 amide bonds. The Kier molecular flexibility index (Phi) is 5.79. The summed E-state index contributed by atoms with van der Waals surface area (Å²) in [6.45, 7) is 5.64. The van der Waals surface area contributed by atoms with Crippen molar-refractivity contribution in [2.24, 2.45) is 0 Å². The molecule has 2 aromatic carbocycles. The van der Waals surface area contributed by atoms with Gasteiger partial charge in [-0.15, -0.1) is 0 Å². The molecule has 2 heterocycles. The van der Waals surface area contributed by atoms with E-state index in [9.17, 15) is 4.79 Å². The molecule has 0 atom stereocenters. The van der Waals surface area contributed by atoms with Crippen LogP contribution in [0.15, 0.2) is 60.9 Å². The van der Waals surface area contributed by atoms with Crippen molar-refractivity contribution in [3.8, 4) is 5.75 Å². The van der Waals surface area contributed by atoms with Gasteiger partial charge in [0.1, 0.15) is 17.4 Å². The van der Waals surface area contributed by atoms with Crippen molar-refractivity contribution >= 4 is 22.6 Å². The van der Waals surface area contributed by atoms with E-state index >= 15 is 0 Å². The summed E-state index contributed by atoms with van der Waals surface area (Å²) in [6.07, 6.45) is 4.77. The van der Waals surface area contributed by atoms with E-state index in [1.165, 1.54) is 0 Å². The number of aryl methyl sites for hydroxylation is 2. The number of para-hydroxylation sites is 1. The lowest BCUT2D eigenvalue weighted by Crippen LogP contribution is -2.20. The molecule has 0 saturated heterocycles. The first-order valence-electron chi connectivity index (χ1n) is 10.1. The SMILES string of the molecule is CCCn1c(Cn2ccnc2C)nc2cc(NC(=O)COc3ccccc3)ccc21. The number of carbonyl (C=O) groups excluding carboxylic acids is 1. The monoisotopic (exact) mass is 403 g/mol. The minimum Gasteiger partial charge on any atom is -0.484 e. The maximum absolute atomic E-state index is 12.3. The second-order valence-corrected chi connectivity index (χ2v) is 7.14. The number of nitrogens with one attached hydrogen (secondary N) is 1. The lowest BCUT2D eigenvalue weighted by atomic mass is 10.2. The maximum Gasteiger partial charge on any atom is 0.262 e. The van der Waals surface area contributed by atoms with Crippen LogP contribution in [0.2, 0.25) is 0 Å². The molecule has 0 aliphatic heterocycles. The number of nitrogens with zero attached hydrogens (tertiary/aromatic N) is 4. The van der Waals surface area contributed by atoms with Gasteiger partial charge in [-0.3, -0.25) is 4.79 Å². The molecule has 0 aliphatic carbocycles. The van der Waals surface area contributed by atoms with Crippen LogP contribution in [0, 0.1) is 6.92 Å². The molecule has 2 aromatic heterocycles. The summed E-state index contributed by atoms with van der Waals surface area (Å²) in [6, 6.07) is 15.1. The Labute approximate surface area is 175 Å². The minimum absolute atomic E-state index is 0.0442. The van der Waals surface area contributed by atoms with E-state index in [-0.39, 0.29) is 12.5 Å². The van der Waals surface area contributed by atoms with E-state index in [0.717, 1.165) is 35.6 Å². The highest BCUT2D eigenvalue weighted by atomic mass is 16.5. The van der Waals surface area contributed by atoms with Gasteiger partial charge in [0.15, 0.2) is 6.61 Å². The fourth-order valence-corrected chi connectivity index (χ4v) is 3.44. The number of carbonyl (C=O) groups is 1. The first-order valence-corrected chi connectivity index (χ1v) is 10.1. The minimum atomic E-state index is -0.208. The fourth-order valence-electron chi connectivity index (χ4n) is 3.44. The molecular formula is C23H25N5O2. The van der Waals surface area contributed by atoms with Crippen molar-refractivity contribution in [1.82, 2.24) is 19.1 Å². The smallest absolute Gasteiger partial charge is 0.262 e. The van der Waals surface area contributed by atoms with Gasteiger partial charge in [-0.2, -0.15) is 0 Å². The van der Waals surface area contributed by atoms with Crippen LogP contribution in [0.5, 0.6) is 5.75 Å². The van der Waals surface area contributed by atoms with Crippen LogP contribution >= 0.6 is 0 Å². The van der Waals surface area contributed by atoms with Crippen LogP contribution in [0.1, 0.15) is 25.0 Å². The molecule has 4 rings (SSSR count). The quantitative estimate of drug-likeness (QED) is 0.482. The van der Waals surface area contributed by atoms with Crippen LogP contribution in [-0.2, 0) is 17.9 Å². The van der Waals surface area contributed by atoms with Crippen LogP contribution < -0.4 is 10.1 Å². The molecule has 30 heavy (non-hydrogen) atoms. The largest absolute Gasteiger partial charge is 0.484 e. The van der Waals surface area contributed by atoms with Crippen molar-refractivity contribution in [3.05, 3.63) is 72.6 Å². The number of hydrogen-bond donors (Lipinski definition) is 1. The fraction of sp³-hybridized carbons (Fsp3) is 0.261. The molecule has 0 spiro atoms.